The molecule has 4 heteroatoms. The third-order valence-electron chi connectivity index (χ3n) is 1.35. The van der Waals surface area contributed by atoms with E-state index in [0.717, 1.165) is 5.56 Å². The topological polar surface area (TPSA) is 57.9 Å². The molecular weight excluding hydrogens is 174 g/mol. The van der Waals surface area contributed by atoms with Crippen molar-refractivity contribution >= 4 is 9.84 Å². The molecular formula is C8H6NO2S. The summed E-state index contributed by atoms with van der Waals surface area (Å²) in [7, 11) is -3.76. The molecule has 0 bridgehead atoms. The van der Waals surface area contributed by atoms with E-state index in [2.05, 4.69) is 6.07 Å². The average Bonchev–Trinajstić information content (AvgIpc) is 2.05. The molecule has 0 unspecified atom stereocenters. The number of nitriles is 1. The van der Waals surface area contributed by atoms with Gasteiger partial charge in [-0.1, -0.05) is 17.7 Å². The van der Waals surface area contributed by atoms with E-state index in [1.54, 1.807) is 6.07 Å². The first kappa shape index (κ1) is 8.75. The first-order chi connectivity index (χ1) is 5.56. The molecule has 3 nitrogen and oxygen atoms in total. The van der Waals surface area contributed by atoms with Gasteiger partial charge in [-0.3, -0.25) is 0 Å². The highest BCUT2D eigenvalue weighted by molar-refractivity contribution is 7.95. The fourth-order valence-electron chi connectivity index (χ4n) is 0.705. The highest BCUT2D eigenvalue weighted by atomic mass is 32.2. The Morgan fingerprint density at radius 1 is 1.50 bits per heavy atom. The second-order valence-electron chi connectivity index (χ2n) is 2.33. The van der Waals surface area contributed by atoms with Crippen molar-refractivity contribution in [3.63, 3.8) is 0 Å². The van der Waals surface area contributed by atoms with Crippen molar-refractivity contribution in [1.29, 1.82) is 5.26 Å². The summed E-state index contributed by atoms with van der Waals surface area (Å²) in [6, 6.07) is 7.04. The van der Waals surface area contributed by atoms with E-state index in [1.807, 2.05) is 6.92 Å². The third kappa shape index (κ3) is 1.63. The van der Waals surface area contributed by atoms with Gasteiger partial charge < -0.3 is 0 Å². The average molecular weight is 180 g/mol. The predicted octanol–water partition coefficient (Wildman–Crippen LogP) is 1.05. The SMILES string of the molecule is Cc1c[c]c(S(=O)(=O)C#N)cc1. The molecule has 0 fully saturated rings. The van der Waals surface area contributed by atoms with Crippen molar-refractivity contribution < 1.29 is 8.42 Å². The van der Waals surface area contributed by atoms with Crippen LogP contribution in [0.25, 0.3) is 0 Å². The Labute approximate surface area is 71.2 Å². The van der Waals surface area contributed by atoms with E-state index in [-0.39, 0.29) is 4.90 Å². The fourth-order valence-corrected chi connectivity index (χ4v) is 1.26. The molecule has 0 amide bonds. The van der Waals surface area contributed by atoms with E-state index in [4.69, 9.17) is 5.26 Å². The summed E-state index contributed by atoms with van der Waals surface area (Å²) in [6.07, 6.45) is 0. The number of thiocyanates is 1. The molecule has 1 aromatic carbocycles. The zero-order valence-corrected chi connectivity index (χ0v) is 7.22. The standard InChI is InChI=1S/C8H6NO2S/c1-7-2-4-8(5-3-7)12(10,11)6-9/h2-4H,1H3. The molecule has 0 aliphatic heterocycles. The summed E-state index contributed by atoms with van der Waals surface area (Å²) in [6.45, 7) is 1.82. The largest absolute Gasteiger partial charge is 0.270 e. The molecule has 0 aliphatic carbocycles. The van der Waals surface area contributed by atoms with Crippen molar-refractivity contribution in [2.45, 2.75) is 11.8 Å². The number of sulfone groups is 1. The van der Waals surface area contributed by atoms with Gasteiger partial charge in [0.05, 0.1) is 4.90 Å². The van der Waals surface area contributed by atoms with Crippen molar-refractivity contribution in [3.05, 3.63) is 29.8 Å². The molecule has 0 atom stereocenters. The predicted molar refractivity (Wildman–Crippen MR) is 42.8 cm³/mol. The van der Waals surface area contributed by atoms with Gasteiger partial charge in [0.2, 0.25) is 0 Å². The summed E-state index contributed by atoms with van der Waals surface area (Å²) in [5, 5.41) is 9.48. The van der Waals surface area contributed by atoms with Crippen molar-refractivity contribution in [3.8, 4) is 5.40 Å². The monoisotopic (exact) mass is 180 g/mol. The number of benzene rings is 1. The number of aryl methyl sites for hydroxylation is 1. The Morgan fingerprint density at radius 3 is 2.58 bits per heavy atom. The zero-order chi connectivity index (χ0) is 9.19. The van der Waals surface area contributed by atoms with E-state index < -0.39 is 9.84 Å². The summed E-state index contributed by atoms with van der Waals surface area (Å²) in [4.78, 5) is -0.0735. The number of rotatable bonds is 1. The van der Waals surface area contributed by atoms with Crippen LogP contribution in [0.3, 0.4) is 0 Å². The van der Waals surface area contributed by atoms with Gasteiger partial charge in [-0.25, -0.2) is 8.42 Å². The second kappa shape index (κ2) is 2.95. The molecule has 61 valence electrons. The highest BCUT2D eigenvalue weighted by Crippen LogP contribution is 2.09. The molecule has 12 heavy (non-hydrogen) atoms. The van der Waals surface area contributed by atoms with Crippen LogP contribution in [0.15, 0.2) is 23.1 Å². The van der Waals surface area contributed by atoms with Gasteiger partial charge in [0, 0.05) is 6.07 Å². The molecule has 0 spiro atoms. The molecule has 1 radical (unpaired) electrons. The Bertz CT molecular complexity index is 411. The quantitative estimate of drug-likeness (QED) is 0.479. The summed E-state index contributed by atoms with van der Waals surface area (Å²) in [5.41, 5.74) is 0.909. The maximum absolute atomic E-state index is 10.9. The van der Waals surface area contributed by atoms with Gasteiger partial charge in [-0.15, -0.1) is 0 Å². The number of nitrogens with zero attached hydrogens (tertiary/aromatic N) is 1. The van der Waals surface area contributed by atoms with Gasteiger partial charge in [0.25, 0.3) is 9.84 Å². The van der Waals surface area contributed by atoms with Crippen LogP contribution in [-0.2, 0) is 9.84 Å². The molecule has 0 aliphatic rings. The lowest BCUT2D eigenvalue weighted by atomic mass is 10.2. The van der Waals surface area contributed by atoms with Crippen molar-refractivity contribution in [2.24, 2.45) is 0 Å². The first-order valence-corrected chi connectivity index (χ1v) is 4.69. The lowest BCUT2D eigenvalue weighted by Gasteiger charge is -1.94. The third-order valence-corrected chi connectivity index (χ3v) is 2.42. The van der Waals surface area contributed by atoms with Crippen LogP contribution in [0.1, 0.15) is 5.56 Å². The minimum absolute atomic E-state index is 0.0735. The van der Waals surface area contributed by atoms with Crippen LogP contribution in [0, 0.1) is 23.7 Å². The fraction of sp³-hybridized carbons (Fsp3) is 0.125. The Hall–Kier alpha value is -1.34. The summed E-state index contributed by atoms with van der Waals surface area (Å²) >= 11 is 0. The van der Waals surface area contributed by atoms with Crippen molar-refractivity contribution in [1.82, 2.24) is 0 Å². The molecule has 1 rings (SSSR count). The van der Waals surface area contributed by atoms with E-state index >= 15 is 0 Å². The van der Waals surface area contributed by atoms with E-state index in [0.29, 0.717) is 0 Å². The molecule has 0 saturated heterocycles. The lowest BCUT2D eigenvalue weighted by molar-refractivity contribution is 0.605. The van der Waals surface area contributed by atoms with Gasteiger partial charge in [-0.05, 0) is 13.0 Å². The van der Waals surface area contributed by atoms with Gasteiger partial charge in [0.15, 0.2) is 5.40 Å². The number of hydrogen-bond donors (Lipinski definition) is 0. The first-order valence-electron chi connectivity index (χ1n) is 3.20. The maximum Gasteiger partial charge on any atom is 0.270 e. The molecule has 0 aromatic heterocycles. The second-order valence-corrected chi connectivity index (χ2v) is 3.95. The maximum atomic E-state index is 10.9. The molecule has 0 saturated carbocycles. The smallest absolute Gasteiger partial charge is 0.208 e. The van der Waals surface area contributed by atoms with Crippen molar-refractivity contribution in [2.75, 3.05) is 0 Å². The molecule has 0 heterocycles. The van der Waals surface area contributed by atoms with Crippen LogP contribution in [0.5, 0.6) is 0 Å². The summed E-state index contributed by atoms with van der Waals surface area (Å²) < 4.78 is 21.8. The minimum atomic E-state index is -3.76. The summed E-state index contributed by atoms with van der Waals surface area (Å²) in [5.74, 6) is 0. The lowest BCUT2D eigenvalue weighted by Crippen LogP contribution is -1.95. The molecule has 0 N–H and O–H groups in total. The van der Waals surface area contributed by atoms with Gasteiger partial charge >= 0.3 is 0 Å². The minimum Gasteiger partial charge on any atom is -0.208 e. The number of hydrogen-bond acceptors (Lipinski definition) is 3. The van der Waals surface area contributed by atoms with E-state index in [1.165, 1.54) is 17.5 Å². The Morgan fingerprint density at radius 2 is 2.17 bits per heavy atom. The molecule has 1 aromatic rings. The van der Waals surface area contributed by atoms with Crippen LogP contribution in [0.4, 0.5) is 0 Å². The van der Waals surface area contributed by atoms with Crippen LogP contribution < -0.4 is 0 Å². The van der Waals surface area contributed by atoms with E-state index in [9.17, 15) is 8.42 Å². The van der Waals surface area contributed by atoms with Crippen LogP contribution in [-0.4, -0.2) is 8.42 Å². The van der Waals surface area contributed by atoms with Crippen LogP contribution in [0.2, 0.25) is 0 Å². The van der Waals surface area contributed by atoms with Crippen LogP contribution >= 0.6 is 0 Å². The Kier molecular flexibility index (Phi) is 2.15. The van der Waals surface area contributed by atoms with Gasteiger partial charge in [0.1, 0.15) is 0 Å². The Balaban J connectivity index is 3.26. The highest BCUT2D eigenvalue weighted by Gasteiger charge is 2.11. The normalized spacial score (nSPS) is 10.7. The van der Waals surface area contributed by atoms with Gasteiger partial charge in [-0.2, -0.15) is 5.26 Å². The zero-order valence-electron chi connectivity index (χ0n) is 6.40.